The number of hydrogen-bond acceptors (Lipinski definition) is 2. The zero-order valence-corrected chi connectivity index (χ0v) is 16.9. The van der Waals surface area contributed by atoms with E-state index in [0.717, 1.165) is 31.3 Å². The Labute approximate surface area is 159 Å². The van der Waals surface area contributed by atoms with Crippen molar-refractivity contribution in [2.75, 3.05) is 33.9 Å². The fourth-order valence-corrected chi connectivity index (χ4v) is 2.54. The molecule has 0 spiro atoms. The van der Waals surface area contributed by atoms with Crippen LogP contribution in [-0.4, -0.2) is 44.7 Å². The van der Waals surface area contributed by atoms with Crippen LogP contribution in [0, 0.1) is 5.41 Å². The number of halogens is 3. The van der Waals surface area contributed by atoms with Gasteiger partial charge < -0.3 is 15.0 Å². The molecule has 0 saturated carbocycles. The van der Waals surface area contributed by atoms with E-state index in [0.29, 0.717) is 16.6 Å². The molecular weight excluding hydrogens is 436 g/mol. The molecule has 1 saturated heterocycles. The van der Waals surface area contributed by atoms with Crippen LogP contribution in [0.25, 0.3) is 0 Å². The molecule has 1 heterocycles. The predicted octanol–water partition coefficient (Wildman–Crippen LogP) is 3.66. The van der Waals surface area contributed by atoms with Crippen LogP contribution < -0.4 is 5.32 Å². The minimum atomic E-state index is 0. The molecule has 2 rings (SSSR count). The van der Waals surface area contributed by atoms with Crippen molar-refractivity contribution in [1.29, 1.82) is 0 Å². The highest BCUT2D eigenvalue weighted by Crippen LogP contribution is 2.25. The van der Waals surface area contributed by atoms with Crippen LogP contribution in [0.3, 0.4) is 0 Å². The number of rotatable bonds is 4. The van der Waals surface area contributed by atoms with Gasteiger partial charge in [-0.1, -0.05) is 36.2 Å². The smallest absolute Gasteiger partial charge is 0.193 e. The Morgan fingerprint density at radius 2 is 2.05 bits per heavy atom. The van der Waals surface area contributed by atoms with Gasteiger partial charge in [0, 0.05) is 32.6 Å². The number of benzene rings is 1. The number of nitrogens with zero attached hydrogens (tertiary/aromatic N) is 2. The van der Waals surface area contributed by atoms with Crippen LogP contribution in [0.5, 0.6) is 0 Å². The highest BCUT2D eigenvalue weighted by molar-refractivity contribution is 14.0. The van der Waals surface area contributed by atoms with E-state index in [1.807, 2.05) is 25.2 Å². The van der Waals surface area contributed by atoms with Gasteiger partial charge in [-0.2, -0.15) is 0 Å². The van der Waals surface area contributed by atoms with Crippen molar-refractivity contribution < 1.29 is 4.74 Å². The molecule has 0 atom stereocenters. The average Bonchev–Trinajstić information content (AvgIpc) is 2.41. The summed E-state index contributed by atoms with van der Waals surface area (Å²) in [5.74, 6) is 0.856. The molecule has 1 aliphatic heterocycles. The second-order valence-corrected chi connectivity index (χ2v) is 6.62. The summed E-state index contributed by atoms with van der Waals surface area (Å²) in [4.78, 5) is 6.38. The van der Waals surface area contributed by atoms with Gasteiger partial charge in [-0.25, -0.2) is 0 Å². The van der Waals surface area contributed by atoms with Crippen molar-refractivity contribution in [2.24, 2.45) is 10.4 Å². The molecule has 1 aliphatic rings. The highest BCUT2D eigenvalue weighted by atomic mass is 127. The van der Waals surface area contributed by atoms with Gasteiger partial charge in [0.2, 0.25) is 0 Å². The molecule has 124 valence electrons. The summed E-state index contributed by atoms with van der Waals surface area (Å²) in [6, 6.07) is 5.67. The van der Waals surface area contributed by atoms with Crippen LogP contribution in [0.15, 0.2) is 23.2 Å². The van der Waals surface area contributed by atoms with E-state index >= 15 is 0 Å². The van der Waals surface area contributed by atoms with E-state index in [-0.39, 0.29) is 29.4 Å². The van der Waals surface area contributed by atoms with Gasteiger partial charge in [0.15, 0.2) is 5.96 Å². The Bertz CT molecular complexity index is 536. The maximum Gasteiger partial charge on any atom is 0.193 e. The predicted molar refractivity (Wildman–Crippen MR) is 104 cm³/mol. The minimum Gasteiger partial charge on any atom is -0.380 e. The van der Waals surface area contributed by atoms with E-state index in [2.05, 4.69) is 22.1 Å². The first kappa shape index (κ1) is 19.8. The lowest BCUT2D eigenvalue weighted by molar-refractivity contribution is -0.0972. The molecule has 0 aliphatic carbocycles. The highest BCUT2D eigenvalue weighted by Gasteiger charge is 2.33. The standard InChI is InChI=1S/C15H21Cl2N3O.HI/c1-15(9-21-10-15)8-19-14(18-2)20(3)7-11-4-5-12(16)13(17)6-11;/h4-6H,7-10H2,1-3H3,(H,18,19);1H. The van der Waals surface area contributed by atoms with E-state index in [4.69, 9.17) is 27.9 Å². The Morgan fingerprint density at radius 3 is 2.55 bits per heavy atom. The lowest BCUT2D eigenvalue weighted by atomic mass is 9.89. The normalized spacial score (nSPS) is 16.5. The lowest BCUT2D eigenvalue weighted by Crippen LogP contribution is -2.51. The third kappa shape index (κ3) is 5.15. The summed E-state index contributed by atoms with van der Waals surface area (Å²) in [6.45, 7) is 5.37. The maximum atomic E-state index is 6.05. The summed E-state index contributed by atoms with van der Waals surface area (Å²) in [6.07, 6.45) is 0. The molecule has 1 aromatic rings. The zero-order chi connectivity index (χ0) is 15.5. The average molecular weight is 458 g/mol. The summed E-state index contributed by atoms with van der Waals surface area (Å²) in [5.41, 5.74) is 1.30. The molecule has 4 nitrogen and oxygen atoms in total. The van der Waals surface area contributed by atoms with E-state index < -0.39 is 0 Å². The third-order valence-electron chi connectivity index (χ3n) is 3.55. The van der Waals surface area contributed by atoms with Gasteiger partial charge in [0.1, 0.15) is 0 Å². The van der Waals surface area contributed by atoms with Gasteiger partial charge >= 0.3 is 0 Å². The second-order valence-electron chi connectivity index (χ2n) is 5.81. The fourth-order valence-electron chi connectivity index (χ4n) is 2.22. The van der Waals surface area contributed by atoms with Gasteiger partial charge in [-0.3, -0.25) is 4.99 Å². The summed E-state index contributed by atoms with van der Waals surface area (Å²) >= 11 is 12.0. The Morgan fingerprint density at radius 1 is 1.36 bits per heavy atom. The molecule has 1 N–H and O–H groups in total. The van der Waals surface area contributed by atoms with Gasteiger partial charge in [0.25, 0.3) is 0 Å². The Hall–Kier alpha value is -0.240. The van der Waals surface area contributed by atoms with Crippen molar-refractivity contribution in [1.82, 2.24) is 10.2 Å². The van der Waals surface area contributed by atoms with Crippen LogP contribution in [0.4, 0.5) is 0 Å². The van der Waals surface area contributed by atoms with Gasteiger partial charge in [0.05, 0.1) is 23.3 Å². The number of guanidine groups is 1. The van der Waals surface area contributed by atoms with Gasteiger partial charge in [-0.15, -0.1) is 24.0 Å². The molecule has 0 bridgehead atoms. The topological polar surface area (TPSA) is 36.9 Å². The molecule has 0 radical (unpaired) electrons. The van der Waals surface area contributed by atoms with E-state index in [9.17, 15) is 0 Å². The van der Waals surface area contributed by atoms with Crippen molar-refractivity contribution in [3.05, 3.63) is 33.8 Å². The first-order valence-corrected chi connectivity index (χ1v) is 7.62. The van der Waals surface area contributed by atoms with Gasteiger partial charge in [-0.05, 0) is 17.7 Å². The number of ether oxygens (including phenoxy) is 1. The Kier molecular flexibility index (Phi) is 7.71. The molecule has 0 unspecified atom stereocenters. The van der Waals surface area contributed by atoms with Crippen molar-refractivity contribution in [3.63, 3.8) is 0 Å². The first-order valence-electron chi connectivity index (χ1n) is 6.87. The zero-order valence-electron chi connectivity index (χ0n) is 13.0. The number of aliphatic imine (C=N–C) groups is 1. The molecule has 0 aromatic heterocycles. The first-order chi connectivity index (χ1) is 9.93. The van der Waals surface area contributed by atoms with Crippen LogP contribution in [-0.2, 0) is 11.3 Å². The summed E-state index contributed by atoms with van der Waals surface area (Å²) < 4.78 is 5.26. The lowest BCUT2D eigenvalue weighted by Gasteiger charge is -2.39. The number of nitrogens with one attached hydrogen (secondary N) is 1. The number of hydrogen-bond donors (Lipinski definition) is 1. The Balaban J connectivity index is 0.00000242. The summed E-state index contributed by atoms with van der Waals surface area (Å²) in [7, 11) is 3.78. The molecular formula is C15H22Cl2IN3O. The quantitative estimate of drug-likeness (QED) is 0.426. The monoisotopic (exact) mass is 457 g/mol. The summed E-state index contributed by atoms with van der Waals surface area (Å²) in [5, 5.41) is 4.54. The third-order valence-corrected chi connectivity index (χ3v) is 4.29. The molecule has 7 heteroatoms. The maximum absolute atomic E-state index is 6.05. The SMILES string of the molecule is CN=C(NCC1(C)COC1)N(C)Cc1ccc(Cl)c(Cl)c1.I. The van der Waals surface area contributed by atoms with Crippen LogP contribution >= 0.6 is 47.2 Å². The molecule has 0 amide bonds. The fraction of sp³-hybridized carbons (Fsp3) is 0.533. The van der Waals surface area contributed by atoms with Crippen LogP contribution in [0.2, 0.25) is 10.0 Å². The second kappa shape index (κ2) is 8.57. The van der Waals surface area contributed by atoms with Crippen molar-refractivity contribution in [2.45, 2.75) is 13.5 Å². The van der Waals surface area contributed by atoms with Crippen molar-refractivity contribution >= 4 is 53.1 Å². The van der Waals surface area contributed by atoms with E-state index in [1.54, 1.807) is 7.05 Å². The largest absolute Gasteiger partial charge is 0.380 e. The molecule has 1 aromatic carbocycles. The van der Waals surface area contributed by atoms with Crippen molar-refractivity contribution in [3.8, 4) is 0 Å². The van der Waals surface area contributed by atoms with E-state index in [1.165, 1.54) is 0 Å². The molecule has 1 fully saturated rings. The van der Waals surface area contributed by atoms with Crippen LogP contribution in [0.1, 0.15) is 12.5 Å². The minimum absolute atomic E-state index is 0. The molecule has 22 heavy (non-hydrogen) atoms.